The number of rotatable bonds is 8. The Morgan fingerprint density at radius 3 is 1.70 bits per heavy atom. The van der Waals surface area contributed by atoms with Crippen LogP contribution in [0.3, 0.4) is 0 Å². The lowest BCUT2D eigenvalue weighted by atomic mass is 10.2. The first kappa shape index (κ1) is 39.4. The first-order valence-corrected chi connectivity index (χ1v) is 22.8. The van der Waals surface area contributed by atoms with Crippen molar-refractivity contribution in [2.45, 2.75) is 32.6 Å². The number of amides is 1. The van der Waals surface area contributed by atoms with Crippen LogP contribution in [0.5, 0.6) is 0 Å². The van der Waals surface area contributed by atoms with Crippen LogP contribution >= 0.6 is 45.3 Å². The van der Waals surface area contributed by atoms with E-state index in [0.717, 1.165) is 67.6 Å². The summed E-state index contributed by atoms with van der Waals surface area (Å²) >= 11 is 5.99. The van der Waals surface area contributed by atoms with Gasteiger partial charge in [-0.3, -0.25) is 23.2 Å². The normalized spacial score (nSPS) is 14.8. The maximum Gasteiger partial charge on any atom is 0.345 e. The van der Waals surface area contributed by atoms with E-state index in [4.69, 9.17) is 10.5 Å². The standard InChI is InChI=1S/C20H19N3O2S2.C16H11NO3S2.C6H14N2/c24-17-13-7-12-26-19(13)23-14-5-1-2-6-15(14)27-20(23)16(17)18(25)21-8-11-22-9-3-4-10-22;1-2-20-16(19)12-13(18)9-7-8-21-14(9)17-10-5-3-4-6-11(10)22-15(12)17;7-3-6-8-4-1-2-5-8/h1-2,5-7,12H,3-4,8-11H2,(H,21,25);3-8H,2H2,1H3;1-7H2. The summed E-state index contributed by atoms with van der Waals surface area (Å²) in [4.78, 5) is 58.9. The minimum absolute atomic E-state index is 0.133. The number of benzene rings is 2. The van der Waals surface area contributed by atoms with Crippen molar-refractivity contribution in [2.24, 2.45) is 5.73 Å². The molecule has 3 N–H and O–H groups in total. The molecule has 0 atom stereocenters. The van der Waals surface area contributed by atoms with E-state index in [1.165, 1.54) is 84.1 Å². The number of hydrogen-bond acceptors (Lipinski definition) is 12. The van der Waals surface area contributed by atoms with Crippen LogP contribution in [0.25, 0.3) is 50.5 Å². The van der Waals surface area contributed by atoms with Gasteiger partial charge in [-0.15, -0.1) is 45.3 Å². The van der Waals surface area contributed by atoms with Gasteiger partial charge in [-0.2, -0.15) is 0 Å². The Morgan fingerprint density at radius 2 is 1.18 bits per heavy atom. The van der Waals surface area contributed by atoms with Crippen LogP contribution in [-0.4, -0.2) is 89.4 Å². The molecule has 0 saturated carbocycles. The average molecular weight is 841 g/mol. The van der Waals surface area contributed by atoms with Crippen LogP contribution in [-0.2, 0) is 4.74 Å². The van der Waals surface area contributed by atoms with E-state index < -0.39 is 5.97 Å². The van der Waals surface area contributed by atoms with Crippen LogP contribution < -0.4 is 21.9 Å². The minimum Gasteiger partial charge on any atom is -0.462 e. The predicted molar refractivity (Wildman–Crippen MR) is 238 cm³/mol. The van der Waals surface area contributed by atoms with E-state index in [1.807, 2.05) is 69.8 Å². The van der Waals surface area contributed by atoms with Crippen LogP contribution in [0.2, 0.25) is 0 Å². The molecule has 10 rings (SSSR count). The first-order valence-electron chi connectivity index (χ1n) is 19.4. The molecule has 0 aliphatic carbocycles. The summed E-state index contributed by atoms with van der Waals surface area (Å²) in [7, 11) is 0. The first-order chi connectivity index (χ1) is 27.9. The van der Waals surface area contributed by atoms with Gasteiger partial charge in [0.2, 0.25) is 10.9 Å². The number of likely N-dealkylation sites (tertiary alicyclic amines) is 2. The van der Waals surface area contributed by atoms with E-state index in [1.54, 1.807) is 13.0 Å². The molecule has 0 radical (unpaired) electrons. The molecule has 0 bridgehead atoms. The Kier molecular flexibility index (Phi) is 12.1. The molecule has 6 aromatic heterocycles. The number of nitrogens with zero attached hydrogens (tertiary/aromatic N) is 4. The Bertz CT molecular complexity index is 2840. The molecular weight excluding hydrogens is 797 g/mol. The Morgan fingerprint density at radius 1 is 0.684 bits per heavy atom. The maximum atomic E-state index is 13.1. The molecule has 296 valence electrons. The summed E-state index contributed by atoms with van der Waals surface area (Å²) in [6.45, 7) is 10.0. The Hall–Kier alpha value is -4.48. The number of aromatic nitrogens is 2. The average Bonchev–Trinajstić information content (AvgIpc) is 4.07. The number of hydrogen-bond donors (Lipinski definition) is 2. The second-order valence-electron chi connectivity index (χ2n) is 14.0. The molecule has 15 heteroatoms. The molecular formula is C42H44N6O5S4. The van der Waals surface area contributed by atoms with E-state index in [0.29, 0.717) is 22.1 Å². The molecule has 1 amide bonds. The predicted octanol–water partition coefficient (Wildman–Crippen LogP) is 7.50. The summed E-state index contributed by atoms with van der Waals surface area (Å²) in [6.07, 6.45) is 5.21. The van der Waals surface area contributed by atoms with Gasteiger partial charge in [-0.1, -0.05) is 24.3 Å². The fourth-order valence-corrected chi connectivity index (χ4v) is 12.0. The summed E-state index contributed by atoms with van der Waals surface area (Å²) in [5.74, 6) is -0.819. The molecule has 2 saturated heterocycles. The van der Waals surface area contributed by atoms with Crippen LogP contribution in [0, 0.1) is 0 Å². The fraction of sp³-hybridized carbons (Fsp3) is 0.333. The summed E-state index contributed by atoms with van der Waals surface area (Å²) < 4.78 is 11.3. The zero-order chi connectivity index (χ0) is 39.5. The SMILES string of the molecule is CCOC(=O)c1c(=O)c2ccsc2n2c1sc1ccccc12.NCCN1CCCC1.O=C(NCCN1CCCC1)c1c(=O)c2ccsc2n2c1sc1ccccc12. The number of fused-ring (bicyclic) bond motifs is 10. The number of nitrogens with one attached hydrogen (secondary N) is 1. The third-order valence-electron chi connectivity index (χ3n) is 10.4. The molecule has 57 heavy (non-hydrogen) atoms. The monoisotopic (exact) mass is 840 g/mol. The number of thiophene rings is 2. The molecule has 11 nitrogen and oxygen atoms in total. The molecule has 8 aromatic rings. The van der Waals surface area contributed by atoms with Crippen molar-refractivity contribution in [2.75, 3.05) is 59.0 Å². The summed E-state index contributed by atoms with van der Waals surface area (Å²) in [5.41, 5.74) is 7.39. The van der Waals surface area contributed by atoms with Crippen molar-refractivity contribution < 1.29 is 14.3 Å². The number of pyridine rings is 2. The second kappa shape index (κ2) is 17.6. The van der Waals surface area contributed by atoms with Crippen molar-refractivity contribution in [3.05, 3.63) is 103 Å². The quantitative estimate of drug-likeness (QED) is 0.151. The zero-order valence-electron chi connectivity index (χ0n) is 31.7. The van der Waals surface area contributed by atoms with Crippen molar-refractivity contribution in [3.63, 3.8) is 0 Å². The maximum absolute atomic E-state index is 13.1. The lowest BCUT2D eigenvalue weighted by Gasteiger charge is -2.14. The van der Waals surface area contributed by atoms with E-state index in [-0.39, 0.29) is 34.5 Å². The van der Waals surface area contributed by atoms with Gasteiger partial charge in [-0.25, -0.2) is 4.79 Å². The molecule has 2 fully saturated rings. The van der Waals surface area contributed by atoms with Crippen LogP contribution in [0.1, 0.15) is 53.3 Å². The van der Waals surface area contributed by atoms with Gasteiger partial charge in [0.25, 0.3) is 5.91 Å². The van der Waals surface area contributed by atoms with Gasteiger partial charge in [0.05, 0.1) is 37.8 Å². The number of nitrogens with two attached hydrogens (primary N) is 1. The number of thiazole rings is 2. The zero-order valence-corrected chi connectivity index (χ0v) is 34.9. The van der Waals surface area contributed by atoms with Crippen LogP contribution in [0.15, 0.2) is 81.0 Å². The summed E-state index contributed by atoms with van der Waals surface area (Å²) in [6, 6.07) is 19.5. The van der Waals surface area contributed by atoms with E-state index in [2.05, 4.69) is 19.5 Å². The molecule has 2 aliphatic heterocycles. The van der Waals surface area contributed by atoms with Crippen molar-refractivity contribution >= 4 is 108 Å². The van der Waals surface area contributed by atoms with Crippen molar-refractivity contribution in [1.82, 2.24) is 23.9 Å². The van der Waals surface area contributed by atoms with Gasteiger partial charge in [0, 0.05) is 26.2 Å². The topological polar surface area (TPSA) is 131 Å². The fourth-order valence-electron chi connectivity index (χ4n) is 7.66. The third kappa shape index (κ3) is 7.77. The van der Waals surface area contributed by atoms with Gasteiger partial charge in [0.1, 0.15) is 30.4 Å². The minimum atomic E-state index is -0.551. The number of esters is 1. The number of ether oxygens (including phenoxy) is 1. The van der Waals surface area contributed by atoms with Gasteiger partial charge in [-0.05, 0) is 106 Å². The highest BCUT2D eigenvalue weighted by Crippen LogP contribution is 2.34. The number of para-hydroxylation sites is 2. The van der Waals surface area contributed by atoms with Gasteiger partial charge in [0.15, 0.2) is 0 Å². The van der Waals surface area contributed by atoms with Crippen molar-refractivity contribution in [3.8, 4) is 0 Å². The largest absolute Gasteiger partial charge is 0.462 e. The second-order valence-corrected chi connectivity index (χ2v) is 17.8. The molecule has 2 aliphatic rings. The Labute approximate surface area is 344 Å². The highest BCUT2D eigenvalue weighted by molar-refractivity contribution is 7.25. The Balaban J connectivity index is 0.000000136. The van der Waals surface area contributed by atoms with Gasteiger partial charge >= 0.3 is 5.97 Å². The molecule has 0 unspecified atom stereocenters. The van der Waals surface area contributed by atoms with Crippen molar-refractivity contribution in [1.29, 1.82) is 0 Å². The highest BCUT2D eigenvalue weighted by Gasteiger charge is 2.24. The number of carbonyl (C=O) groups excluding carboxylic acids is 2. The molecule has 0 spiro atoms. The third-order valence-corrected chi connectivity index (χ3v) is 14.4. The van der Waals surface area contributed by atoms with E-state index in [9.17, 15) is 19.2 Å². The highest BCUT2D eigenvalue weighted by atomic mass is 32.1. The van der Waals surface area contributed by atoms with E-state index >= 15 is 0 Å². The summed E-state index contributed by atoms with van der Waals surface area (Å²) in [5, 5.41) is 7.95. The van der Waals surface area contributed by atoms with Gasteiger partial charge < -0.3 is 25.6 Å². The van der Waals surface area contributed by atoms with Crippen LogP contribution in [0.4, 0.5) is 0 Å². The smallest absolute Gasteiger partial charge is 0.345 e. The molecule has 8 heterocycles. The number of carbonyl (C=O) groups is 2. The lowest BCUT2D eigenvalue weighted by Crippen LogP contribution is -2.35. The molecule has 2 aromatic carbocycles. The lowest BCUT2D eigenvalue weighted by molar-refractivity contribution is 0.0527.